The van der Waals surface area contributed by atoms with Gasteiger partial charge in [-0.2, -0.15) is 5.10 Å². The summed E-state index contributed by atoms with van der Waals surface area (Å²) in [5, 5.41) is 9.24. The lowest BCUT2D eigenvalue weighted by Gasteiger charge is -2.10. The number of hydrogen-bond donors (Lipinski definition) is 2. The first kappa shape index (κ1) is 22.1. The maximum Gasteiger partial charge on any atom is 0.315 e. The number of carbonyl (C=O) groups is 3. The van der Waals surface area contributed by atoms with E-state index in [-0.39, 0.29) is 42.5 Å². The van der Waals surface area contributed by atoms with Crippen molar-refractivity contribution in [2.45, 2.75) is 26.4 Å². The van der Waals surface area contributed by atoms with Gasteiger partial charge in [-0.1, -0.05) is 6.07 Å². The Balaban J connectivity index is 1.35. The number of aryl methyl sites for hydroxylation is 1. The molecule has 12 heteroatoms. The van der Waals surface area contributed by atoms with Crippen molar-refractivity contribution in [1.82, 2.24) is 35.2 Å². The largest absolute Gasteiger partial charge is 0.426 e. The molecule has 4 heterocycles. The molecule has 2 amide bonds. The van der Waals surface area contributed by atoms with E-state index in [2.05, 4.69) is 30.7 Å². The Labute approximate surface area is 197 Å². The second-order valence-corrected chi connectivity index (χ2v) is 7.81. The molecule has 1 aromatic carbocycles. The molecule has 2 N–H and O–H groups in total. The monoisotopic (exact) mass is 475 g/mol. The molecule has 0 atom stereocenters. The number of rotatable bonds is 6. The van der Waals surface area contributed by atoms with Gasteiger partial charge in [0.2, 0.25) is 0 Å². The van der Waals surface area contributed by atoms with Crippen molar-refractivity contribution in [3.8, 4) is 5.75 Å². The van der Waals surface area contributed by atoms with Gasteiger partial charge in [-0.3, -0.25) is 14.4 Å². The molecule has 0 unspecified atom stereocenters. The highest BCUT2D eigenvalue weighted by Gasteiger charge is 2.22. The molecule has 0 aliphatic carbocycles. The van der Waals surface area contributed by atoms with Crippen molar-refractivity contribution in [2.75, 3.05) is 0 Å². The first-order chi connectivity index (χ1) is 16.9. The van der Waals surface area contributed by atoms with E-state index in [1.54, 1.807) is 37.4 Å². The Kier molecular flexibility index (Phi) is 5.61. The van der Waals surface area contributed by atoms with Crippen LogP contribution in [0.15, 0.2) is 42.7 Å². The standard InChI is InChI=1S/C23H18FN7O4/c1-12-25-5-4-15(29-12)10-27-23(34)18-8-17(30-21-16(24)11-28-31(18)21)22(33)26-9-13-2-3-19-14(6-13)7-20(32)35-19/h2-6,8,11H,7,9-10H2,1H3,(H,26,33)(H,27,34). The van der Waals surface area contributed by atoms with Crippen LogP contribution < -0.4 is 15.4 Å². The predicted octanol–water partition coefficient (Wildman–Crippen LogP) is 1.29. The Hall–Kier alpha value is -4.74. The fourth-order valence-electron chi connectivity index (χ4n) is 3.65. The molecule has 1 aliphatic rings. The zero-order valence-electron chi connectivity index (χ0n) is 18.4. The third-order valence-corrected chi connectivity index (χ3v) is 5.29. The van der Waals surface area contributed by atoms with Gasteiger partial charge < -0.3 is 15.4 Å². The zero-order chi connectivity index (χ0) is 24.5. The van der Waals surface area contributed by atoms with E-state index in [1.165, 1.54) is 6.07 Å². The first-order valence-corrected chi connectivity index (χ1v) is 10.6. The van der Waals surface area contributed by atoms with E-state index in [9.17, 15) is 18.8 Å². The van der Waals surface area contributed by atoms with Crippen LogP contribution in [0.4, 0.5) is 4.39 Å². The van der Waals surface area contributed by atoms with Gasteiger partial charge in [-0.15, -0.1) is 0 Å². The molecule has 1 aliphatic heterocycles. The number of carbonyl (C=O) groups excluding carboxylic acids is 3. The molecule has 3 aromatic heterocycles. The Morgan fingerprint density at radius 3 is 2.77 bits per heavy atom. The molecule has 0 fully saturated rings. The lowest BCUT2D eigenvalue weighted by molar-refractivity contribution is -0.131. The first-order valence-electron chi connectivity index (χ1n) is 10.6. The summed E-state index contributed by atoms with van der Waals surface area (Å²) < 4.78 is 20.4. The summed E-state index contributed by atoms with van der Waals surface area (Å²) in [4.78, 5) is 49.4. The van der Waals surface area contributed by atoms with Gasteiger partial charge in [0.05, 0.1) is 24.9 Å². The lowest BCUT2D eigenvalue weighted by atomic mass is 10.1. The van der Waals surface area contributed by atoms with Gasteiger partial charge >= 0.3 is 5.97 Å². The van der Waals surface area contributed by atoms with Crippen LogP contribution in [0.2, 0.25) is 0 Å². The average molecular weight is 475 g/mol. The summed E-state index contributed by atoms with van der Waals surface area (Å²) in [6.45, 7) is 1.95. The Bertz CT molecular complexity index is 1500. The highest BCUT2D eigenvalue weighted by Crippen LogP contribution is 2.26. The second kappa shape index (κ2) is 8.89. The number of amides is 2. The van der Waals surface area contributed by atoms with Crippen LogP contribution in [0.5, 0.6) is 5.75 Å². The molecule has 5 rings (SSSR count). The predicted molar refractivity (Wildman–Crippen MR) is 118 cm³/mol. The molecule has 0 saturated heterocycles. The van der Waals surface area contributed by atoms with Crippen LogP contribution in [0, 0.1) is 12.7 Å². The normalized spacial score (nSPS) is 12.3. The summed E-state index contributed by atoms with van der Waals surface area (Å²) >= 11 is 0. The summed E-state index contributed by atoms with van der Waals surface area (Å²) in [7, 11) is 0. The van der Waals surface area contributed by atoms with Crippen LogP contribution in [0.25, 0.3) is 5.65 Å². The van der Waals surface area contributed by atoms with Crippen LogP contribution in [0.3, 0.4) is 0 Å². The summed E-state index contributed by atoms with van der Waals surface area (Å²) in [5.74, 6) is -1.25. The maximum absolute atomic E-state index is 14.3. The topological polar surface area (TPSA) is 140 Å². The van der Waals surface area contributed by atoms with Gasteiger partial charge in [-0.05, 0) is 30.7 Å². The third-order valence-electron chi connectivity index (χ3n) is 5.29. The van der Waals surface area contributed by atoms with Gasteiger partial charge in [0.25, 0.3) is 11.8 Å². The summed E-state index contributed by atoms with van der Waals surface area (Å²) in [6.07, 6.45) is 2.66. The van der Waals surface area contributed by atoms with Gasteiger partial charge in [0.1, 0.15) is 23.0 Å². The molecule has 0 saturated carbocycles. The molecule has 0 bridgehead atoms. The van der Waals surface area contributed by atoms with Crippen molar-refractivity contribution in [3.63, 3.8) is 0 Å². The highest BCUT2D eigenvalue weighted by atomic mass is 19.1. The molecule has 4 aromatic rings. The minimum absolute atomic E-state index is 0.0666. The van der Waals surface area contributed by atoms with E-state index in [0.29, 0.717) is 17.3 Å². The van der Waals surface area contributed by atoms with Crippen LogP contribution in [0.1, 0.15) is 43.6 Å². The van der Waals surface area contributed by atoms with Gasteiger partial charge in [0, 0.05) is 24.4 Å². The van der Waals surface area contributed by atoms with Crippen LogP contribution in [-0.4, -0.2) is 42.3 Å². The summed E-state index contributed by atoms with van der Waals surface area (Å²) in [6, 6.07) is 8.04. The average Bonchev–Trinajstić information content (AvgIpc) is 3.41. The minimum Gasteiger partial charge on any atom is -0.426 e. The lowest BCUT2D eigenvalue weighted by Crippen LogP contribution is -2.28. The number of ether oxygens (including phenoxy) is 1. The molecule has 0 radical (unpaired) electrons. The highest BCUT2D eigenvalue weighted by molar-refractivity contribution is 5.98. The van der Waals surface area contributed by atoms with E-state index in [0.717, 1.165) is 21.8 Å². The maximum atomic E-state index is 14.3. The number of halogens is 1. The quantitative estimate of drug-likeness (QED) is 0.314. The van der Waals surface area contributed by atoms with Crippen LogP contribution >= 0.6 is 0 Å². The number of aromatic nitrogens is 5. The van der Waals surface area contributed by atoms with Crippen molar-refractivity contribution in [1.29, 1.82) is 0 Å². The van der Waals surface area contributed by atoms with Gasteiger partial charge in [-0.25, -0.2) is 23.9 Å². The third kappa shape index (κ3) is 4.53. The SMILES string of the molecule is Cc1nccc(CNC(=O)c2cc(C(=O)NCc3ccc4c(c3)CC(=O)O4)nc3c(F)cnn23)n1. The number of hydrogen-bond acceptors (Lipinski definition) is 8. The summed E-state index contributed by atoms with van der Waals surface area (Å²) in [5.41, 5.74) is 1.59. The fraction of sp³-hybridized carbons (Fsp3) is 0.174. The second-order valence-electron chi connectivity index (χ2n) is 7.81. The van der Waals surface area contributed by atoms with Gasteiger partial charge in [0.15, 0.2) is 11.5 Å². The van der Waals surface area contributed by atoms with E-state index < -0.39 is 17.6 Å². The van der Waals surface area contributed by atoms with E-state index in [4.69, 9.17) is 4.74 Å². The number of nitrogens with zero attached hydrogens (tertiary/aromatic N) is 5. The smallest absolute Gasteiger partial charge is 0.315 e. The molecule has 11 nitrogen and oxygen atoms in total. The molecule has 176 valence electrons. The number of fused-ring (bicyclic) bond motifs is 2. The molecular formula is C23H18FN7O4. The van der Waals surface area contributed by atoms with Crippen LogP contribution in [-0.2, 0) is 24.3 Å². The van der Waals surface area contributed by atoms with Crippen molar-refractivity contribution >= 4 is 23.4 Å². The Morgan fingerprint density at radius 2 is 1.94 bits per heavy atom. The number of benzene rings is 1. The molecular weight excluding hydrogens is 457 g/mol. The fourth-order valence-corrected chi connectivity index (χ4v) is 3.65. The number of esters is 1. The van der Waals surface area contributed by atoms with E-state index >= 15 is 0 Å². The zero-order valence-corrected chi connectivity index (χ0v) is 18.4. The Morgan fingerprint density at radius 1 is 1.11 bits per heavy atom. The number of nitrogens with one attached hydrogen (secondary N) is 2. The molecule has 0 spiro atoms. The van der Waals surface area contributed by atoms with Crippen molar-refractivity contribution < 1.29 is 23.5 Å². The van der Waals surface area contributed by atoms with E-state index in [1.807, 2.05) is 0 Å². The van der Waals surface area contributed by atoms with Crippen molar-refractivity contribution in [2.24, 2.45) is 0 Å². The molecule has 35 heavy (non-hydrogen) atoms. The minimum atomic E-state index is -0.775. The van der Waals surface area contributed by atoms with Crippen molar-refractivity contribution in [3.05, 3.63) is 82.6 Å².